The van der Waals surface area contributed by atoms with Gasteiger partial charge >= 0.3 is 0 Å². The summed E-state index contributed by atoms with van der Waals surface area (Å²) < 4.78 is 10.1. The fourth-order valence-corrected chi connectivity index (χ4v) is 2.12. The lowest BCUT2D eigenvalue weighted by Crippen LogP contribution is -2.35. The monoisotopic (exact) mass is 343 g/mol. The molecule has 0 aliphatic heterocycles. The molecule has 2 aromatic rings. The van der Waals surface area contributed by atoms with Gasteiger partial charge in [-0.05, 0) is 30.3 Å². The lowest BCUT2D eigenvalue weighted by molar-refractivity contribution is -0.120. The lowest BCUT2D eigenvalue weighted by atomic mass is 10.2. The van der Waals surface area contributed by atoms with Crippen molar-refractivity contribution < 1.29 is 19.1 Å². The van der Waals surface area contributed by atoms with Crippen molar-refractivity contribution >= 4 is 11.8 Å². The molecule has 0 aliphatic carbocycles. The van der Waals surface area contributed by atoms with Crippen LogP contribution < -0.4 is 20.1 Å². The molecule has 132 valence electrons. The van der Waals surface area contributed by atoms with Gasteiger partial charge in [0.1, 0.15) is 5.75 Å². The number of nitrogens with one attached hydrogen (secondary N) is 2. The van der Waals surface area contributed by atoms with Gasteiger partial charge in [-0.15, -0.1) is 0 Å². The predicted octanol–water partition coefficient (Wildman–Crippen LogP) is 1.19. The minimum absolute atomic E-state index is 0.156. The Labute approximate surface area is 146 Å². The second-order valence-corrected chi connectivity index (χ2v) is 5.18. The van der Waals surface area contributed by atoms with Crippen LogP contribution in [0.3, 0.4) is 0 Å². The summed E-state index contributed by atoms with van der Waals surface area (Å²) in [6, 6.07) is 12.1. The van der Waals surface area contributed by atoms with Crippen LogP contribution in [0.4, 0.5) is 0 Å². The minimum Gasteiger partial charge on any atom is -0.497 e. The average molecular weight is 343 g/mol. The zero-order valence-electron chi connectivity index (χ0n) is 14.2. The highest BCUT2D eigenvalue weighted by atomic mass is 16.5. The third-order valence-electron chi connectivity index (χ3n) is 3.42. The Balaban J connectivity index is 1.70. The van der Waals surface area contributed by atoms with E-state index in [-0.39, 0.29) is 18.2 Å². The van der Waals surface area contributed by atoms with Gasteiger partial charge in [-0.25, -0.2) is 4.98 Å². The molecule has 0 saturated carbocycles. The summed E-state index contributed by atoms with van der Waals surface area (Å²) >= 11 is 0. The summed E-state index contributed by atoms with van der Waals surface area (Å²) in [6.07, 6.45) is 0.156. The highest BCUT2D eigenvalue weighted by Gasteiger charge is 2.07. The Morgan fingerprint density at radius 2 is 1.68 bits per heavy atom. The second kappa shape index (κ2) is 9.27. The molecule has 1 heterocycles. The molecule has 1 aromatic carbocycles. The van der Waals surface area contributed by atoms with Crippen LogP contribution in [0.2, 0.25) is 0 Å². The third-order valence-corrected chi connectivity index (χ3v) is 3.42. The van der Waals surface area contributed by atoms with Crippen molar-refractivity contribution in [2.75, 3.05) is 27.3 Å². The quantitative estimate of drug-likeness (QED) is 0.703. The molecular weight excluding hydrogens is 322 g/mol. The summed E-state index contributed by atoms with van der Waals surface area (Å²) in [6.45, 7) is 0.673. The van der Waals surface area contributed by atoms with Gasteiger partial charge in [-0.3, -0.25) is 9.59 Å². The fraction of sp³-hybridized carbons (Fsp3) is 0.278. The van der Waals surface area contributed by atoms with Crippen LogP contribution in [0.25, 0.3) is 0 Å². The second-order valence-electron chi connectivity index (χ2n) is 5.18. The standard InChI is InChI=1S/C18H21N3O4/c1-24-15-8-6-13(7-9-15)18(23)20-11-10-19-16(22)12-14-4-3-5-17(21-14)25-2/h3-9H,10-12H2,1-2H3,(H,19,22)(H,20,23). The number of aromatic nitrogens is 1. The predicted molar refractivity (Wildman–Crippen MR) is 92.8 cm³/mol. The molecule has 0 radical (unpaired) electrons. The molecule has 0 bridgehead atoms. The number of hydrogen-bond donors (Lipinski definition) is 2. The average Bonchev–Trinajstić information content (AvgIpc) is 2.65. The first-order valence-electron chi connectivity index (χ1n) is 7.81. The van der Waals surface area contributed by atoms with E-state index in [4.69, 9.17) is 9.47 Å². The van der Waals surface area contributed by atoms with E-state index < -0.39 is 0 Å². The van der Waals surface area contributed by atoms with E-state index in [2.05, 4.69) is 15.6 Å². The van der Waals surface area contributed by atoms with Crippen LogP contribution in [-0.4, -0.2) is 44.1 Å². The Morgan fingerprint density at radius 1 is 0.960 bits per heavy atom. The van der Waals surface area contributed by atoms with E-state index in [1.54, 1.807) is 49.6 Å². The van der Waals surface area contributed by atoms with Crippen molar-refractivity contribution in [2.45, 2.75) is 6.42 Å². The van der Waals surface area contributed by atoms with E-state index >= 15 is 0 Å². The number of rotatable bonds is 8. The van der Waals surface area contributed by atoms with Gasteiger partial charge in [0.2, 0.25) is 11.8 Å². The first-order chi connectivity index (χ1) is 12.1. The molecule has 7 heteroatoms. The zero-order chi connectivity index (χ0) is 18.1. The van der Waals surface area contributed by atoms with Crippen molar-refractivity contribution in [1.29, 1.82) is 0 Å². The first-order valence-corrected chi connectivity index (χ1v) is 7.81. The fourth-order valence-electron chi connectivity index (χ4n) is 2.12. The Kier molecular flexibility index (Phi) is 6.76. The van der Waals surface area contributed by atoms with E-state index in [0.717, 1.165) is 0 Å². The summed E-state index contributed by atoms with van der Waals surface area (Å²) in [4.78, 5) is 28.0. The van der Waals surface area contributed by atoms with Crippen molar-refractivity contribution in [3.63, 3.8) is 0 Å². The van der Waals surface area contributed by atoms with Crippen molar-refractivity contribution in [3.8, 4) is 11.6 Å². The van der Waals surface area contributed by atoms with Crippen molar-refractivity contribution in [1.82, 2.24) is 15.6 Å². The molecule has 7 nitrogen and oxygen atoms in total. The van der Waals surface area contributed by atoms with Crippen LogP contribution in [0.5, 0.6) is 11.6 Å². The minimum atomic E-state index is -0.202. The van der Waals surface area contributed by atoms with Gasteiger partial charge in [0.15, 0.2) is 0 Å². The molecule has 0 spiro atoms. The van der Waals surface area contributed by atoms with E-state index in [1.807, 2.05) is 0 Å². The normalized spacial score (nSPS) is 10.0. The van der Waals surface area contributed by atoms with Gasteiger partial charge in [0.05, 0.1) is 26.3 Å². The Hall–Kier alpha value is -3.09. The Bertz CT molecular complexity index is 717. The number of methoxy groups -OCH3 is 2. The molecular formula is C18H21N3O4. The van der Waals surface area contributed by atoms with Gasteiger partial charge in [-0.2, -0.15) is 0 Å². The third kappa shape index (κ3) is 5.80. The van der Waals surface area contributed by atoms with Gasteiger partial charge in [-0.1, -0.05) is 6.07 Å². The summed E-state index contributed by atoms with van der Waals surface area (Å²) in [5.41, 5.74) is 1.16. The summed E-state index contributed by atoms with van der Waals surface area (Å²) in [7, 11) is 3.09. The molecule has 0 fully saturated rings. The van der Waals surface area contributed by atoms with Crippen molar-refractivity contribution in [2.24, 2.45) is 0 Å². The number of carbonyl (C=O) groups is 2. The van der Waals surface area contributed by atoms with Gasteiger partial charge in [0, 0.05) is 24.7 Å². The van der Waals surface area contributed by atoms with Crippen LogP contribution in [0.1, 0.15) is 16.1 Å². The topological polar surface area (TPSA) is 89.6 Å². The van der Waals surface area contributed by atoms with E-state index in [9.17, 15) is 9.59 Å². The number of nitrogens with zero attached hydrogens (tertiary/aromatic N) is 1. The van der Waals surface area contributed by atoms with Crippen LogP contribution in [0.15, 0.2) is 42.5 Å². The number of amides is 2. The number of benzene rings is 1. The number of hydrogen-bond acceptors (Lipinski definition) is 5. The maximum atomic E-state index is 12.0. The molecule has 0 unspecified atom stereocenters. The maximum absolute atomic E-state index is 12.0. The Morgan fingerprint density at radius 3 is 2.36 bits per heavy atom. The molecule has 2 amide bonds. The highest BCUT2D eigenvalue weighted by Crippen LogP contribution is 2.11. The molecule has 0 atom stereocenters. The number of ether oxygens (including phenoxy) is 2. The molecule has 2 rings (SSSR count). The van der Waals surface area contributed by atoms with Crippen molar-refractivity contribution in [3.05, 3.63) is 53.7 Å². The van der Waals surface area contributed by atoms with Crippen LogP contribution in [-0.2, 0) is 11.2 Å². The number of carbonyl (C=O) groups excluding carboxylic acids is 2. The van der Waals surface area contributed by atoms with Gasteiger partial charge < -0.3 is 20.1 Å². The lowest BCUT2D eigenvalue weighted by Gasteiger charge is -2.08. The van der Waals surface area contributed by atoms with Crippen LogP contribution in [0, 0.1) is 0 Å². The highest BCUT2D eigenvalue weighted by molar-refractivity contribution is 5.94. The summed E-state index contributed by atoms with van der Waals surface area (Å²) in [5.74, 6) is 0.790. The van der Waals surface area contributed by atoms with E-state index in [1.165, 1.54) is 7.11 Å². The smallest absolute Gasteiger partial charge is 0.251 e. The molecule has 2 N–H and O–H groups in total. The molecule has 25 heavy (non-hydrogen) atoms. The maximum Gasteiger partial charge on any atom is 0.251 e. The first kappa shape index (κ1) is 18.3. The molecule has 1 aromatic heterocycles. The van der Waals surface area contributed by atoms with E-state index in [0.29, 0.717) is 36.0 Å². The zero-order valence-corrected chi connectivity index (χ0v) is 14.2. The SMILES string of the molecule is COc1ccc(C(=O)NCCNC(=O)Cc2cccc(OC)n2)cc1. The number of pyridine rings is 1. The van der Waals surface area contributed by atoms with Gasteiger partial charge in [0.25, 0.3) is 5.91 Å². The summed E-state index contributed by atoms with van der Waals surface area (Å²) in [5, 5.41) is 5.48. The van der Waals surface area contributed by atoms with Crippen LogP contribution >= 0.6 is 0 Å². The molecule has 0 saturated heterocycles. The molecule has 0 aliphatic rings. The largest absolute Gasteiger partial charge is 0.497 e.